The quantitative estimate of drug-likeness (QED) is 0.323. The maximum Gasteiger partial charge on any atom is 0.336 e. The minimum absolute atomic E-state index is 0.106. The van der Waals surface area contributed by atoms with E-state index in [2.05, 4.69) is 13.2 Å². The van der Waals surface area contributed by atoms with Gasteiger partial charge in [-0.2, -0.15) is 0 Å². The number of aromatic nitrogens is 3. The lowest BCUT2D eigenvalue weighted by molar-refractivity contribution is -0.144. The fourth-order valence-electron chi connectivity index (χ4n) is 2.90. The molecule has 11 heteroatoms. The number of carbonyl (C=O) groups excluding carboxylic acids is 2. The first-order valence-corrected chi connectivity index (χ1v) is 10.6. The zero-order valence-electron chi connectivity index (χ0n) is 20.1. The second kappa shape index (κ2) is 12.1. The smallest absolute Gasteiger partial charge is 0.336 e. The number of esters is 2. The Morgan fingerprint density at radius 2 is 1.03 bits per heavy atom. The fourth-order valence-corrected chi connectivity index (χ4v) is 2.90. The molecule has 0 aliphatic heterocycles. The topological polar surface area (TPSA) is 128 Å². The number of nitrogens with zero attached hydrogens (tertiary/aromatic N) is 3. The molecule has 0 amide bonds. The Morgan fingerprint density at radius 3 is 1.30 bits per heavy atom. The van der Waals surface area contributed by atoms with Gasteiger partial charge in [-0.25, -0.2) is 37.7 Å². The lowest BCUT2D eigenvalue weighted by atomic mass is 10.3. The van der Waals surface area contributed by atoms with Crippen LogP contribution in [-0.4, -0.2) is 50.6 Å². The molecule has 0 aromatic carbocycles. The van der Waals surface area contributed by atoms with Gasteiger partial charge in [-0.3, -0.25) is 0 Å². The van der Waals surface area contributed by atoms with Crippen LogP contribution < -0.4 is 17.1 Å². The predicted molar refractivity (Wildman–Crippen MR) is 121 cm³/mol. The minimum Gasteiger partial charge on any atom is -0.457 e. The summed E-state index contributed by atoms with van der Waals surface area (Å²) < 4.78 is 18.3. The van der Waals surface area contributed by atoms with Crippen molar-refractivity contribution in [2.45, 2.75) is 79.5 Å². The van der Waals surface area contributed by atoms with Gasteiger partial charge in [0.15, 0.2) is 0 Å². The number of rotatable bonds is 12. The van der Waals surface area contributed by atoms with Gasteiger partial charge in [0, 0.05) is 17.8 Å². The van der Waals surface area contributed by atoms with Crippen molar-refractivity contribution >= 4 is 11.9 Å². The van der Waals surface area contributed by atoms with Gasteiger partial charge in [0.05, 0.1) is 25.7 Å². The zero-order valence-corrected chi connectivity index (χ0v) is 20.1. The molecule has 11 nitrogen and oxygen atoms in total. The van der Waals surface area contributed by atoms with Crippen LogP contribution in [0.3, 0.4) is 0 Å². The third kappa shape index (κ3) is 7.70. The normalized spacial score (nSPS) is 13.6. The molecule has 0 saturated heterocycles. The summed E-state index contributed by atoms with van der Waals surface area (Å²) in [4.78, 5) is 62.7. The molecule has 0 fully saturated rings. The van der Waals surface area contributed by atoms with Crippen molar-refractivity contribution in [2.75, 3.05) is 6.61 Å². The fraction of sp³-hybridized carbons (Fsp3) is 0.591. The molecule has 0 aliphatic carbocycles. The predicted octanol–water partition coefficient (Wildman–Crippen LogP) is 0.612. The molecule has 1 aromatic heterocycles. The summed E-state index contributed by atoms with van der Waals surface area (Å²) in [6.07, 6.45) is -2.21. The van der Waals surface area contributed by atoms with Crippen molar-refractivity contribution in [1.29, 1.82) is 0 Å². The molecule has 0 spiro atoms. The van der Waals surface area contributed by atoms with E-state index in [1.54, 1.807) is 13.8 Å². The van der Waals surface area contributed by atoms with Gasteiger partial charge in [-0.05, 0) is 41.5 Å². The molecule has 0 aliphatic rings. The Kier molecular flexibility index (Phi) is 10.2. The highest BCUT2D eigenvalue weighted by atomic mass is 16.5. The van der Waals surface area contributed by atoms with E-state index in [1.807, 2.05) is 0 Å². The monoisotopic (exact) mass is 467 g/mol. The van der Waals surface area contributed by atoms with Crippen LogP contribution in [0.5, 0.6) is 0 Å². The van der Waals surface area contributed by atoms with Gasteiger partial charge >= 0.3 is 29.0 Å². The van der Waals surface area contributed by atoms with E-state index >= 15 is 0 Å². The number of hydrogen-bond donors (Lipinski definition) is 0. The van der Waals surface area contributed by atoms with Crippen LogP contribution in [0.15, 0.2) is 38.7 Å². The molecule has 0 radical (unpaired) electrons. The summed E-state index contributed by atoms with van der Waals surface area (Å²) in [7, 11) is 0. The zero-order chi connectivity index (χ0) is 25.5. The van der Waals surface area contributed by atoms with E-state index < -0.39 is 47.3 Å². The summed E-state index contributed by atoms with van der Waals surface area (Å²) in [5, 5.41) is 0. The maximum atomic E-state index is 13.0. The number of ether oxygens (including phenoxy) is 3. The molecule has 0 saturated carbocycles. The van der Waals surface area contributed by atoms with Crippen LogP contribution in [0.2, 0.25) is 0 Å². The Labute approximate surface area is 191 Å². The van der Waals surface area contributed by atoms with Crippen molar-refractivity contribution in [3.8, 4) is 0 Å². The molecule has 1 rings (SSSR count). The summed E-state index contributed by atoms with van der Waals surface area (Å²) in [6, 6.07) is 0. The molecule has 1 heterocycles. The second-order valence-electron chi connectivity index (χ2n) is 7.94. The highest BCUT2D eigenvalue weighted by Gasteiger charge is 2.22. The molecule has 3 unspecified atom stereocenters. The standard InChI is InChI=1S/C22H33N3O8/c1-9-31-15(6)10-23-20(28)24(11-16(7)32-18(26)13(2)3)22(30)25(21(23)29)12-17(8)33-19(27)14(4)5/h15-17H,2,4,9-12H2,1,3,5-8H3. The first-order chi connectivity index (χ1) is 15.3. The van der Waals surface area contributed by atoms with Crippen LogP contribution >= 0.6 is 0 Å². The molecular weight excluding hydrogens is 434 g/mol. The van der Waals surface area contributed by atoms with E-state index in [9.17, 15) is 24.0 Å². The number of carbonyl (C=O) groups is 2. The van der Waals surface area contributed by atoms with Crippen molar-refractivity contribution in [3.63, 3.8) is 0 Å². The van der Waals surface area contributed by atoms with Gasteiger partial charge in [0.1, 0.15) is 12.2 Å². The summed E-state index contributed by atoms with van der Waals surface area (Å²) in [5.74, 6) is -1.34. The minimum atomic E-state index is -0.915. The van der Waals surface area contributed by atoms with Crippen molar-refractivity contribution < 1.29 is 23.8 Å². The highest BCUT2D eigenvalue weighted by Crippen LogP contribution is 2.02. The van der Waals surface area contributed by atoms with E-state index in [0.717, 1.165) is 13.7 Å². The van der Waals surface area contributed by atoms with Gasteiger partial charge in [-0.1, -0.05) is 13.2 Å². The molecule has 33 heavy (non-hydrogen) atoms. The third-order valence-corrected chi connectivity index (χ3v) is 4.47. The largest absolute Gasteiger partial charge is 0.457 e. The summed E-state index contributed by atoms with van der Waals surface area (Å²) >= 11 is 0. The lowest BCUT2D eigenvalue weighted by Crippen LogP contribution is -2.57. The molecule has 0 bridgehead atoms. The van der Waals surface area contributed by atoms with Gasteiger partial charge in [0.25, 0.3) is 0 Å². The van der Waals surface area contributed by atoms with E-state index in [-0.39, 0.29) is 30.8 Å². The SMILES string of the molecule is C=C(C)C(=O)OC(C)Cn1c(=O)n(CC(C)OCC)c(=O)n(CC(C)OC(=O)C(=C)C)c1=O. The Bertz CT molecular complexity index is 1000. The van der Waals surface area contributed by atoms with Gasteiger partial charge in [0.2, 0.25) is 0 Å². The molecule has 184 valence electrons. The molecule has 1 aromatic rings. The van der Waals surface area contributed by atoms with Crippen molar-refractivity contribution in [1.82, 2.24) is 13.7 Å². The van der Waals surface area contributed by atoms with Crippen molar-refractivity contribution in [3.05, 3.63) is 55.8 Å². The van der Waals surface area contributed by atoms with Gasteiger partial charge in [-0.15, -0.1) is 0 Å². The van der Waals surface area contributed by atoms with Crippen molar-refractivity contribution in [2.24, 2.45) is 0 Å². The molecule has 0 N–H and O–H groups in total. The molecule has 3 atom stereocenters. The maximum absolute atomic E-state index is 13.0. The Morgan fingerprint density at radius 1 is 0.727 bits per heavy atom. The Hall–Kier alpha value is -3.21. The summed E-state index contributed by atoms with van der Waals surface area (Å²) in [6.45, 7) is 16.1. The first-order valence-electron chi connectivity index (χ1n) is 10.6. The second-order valence-corrected chi connectivity index (χ2v) is 7.94. The average Bonchev–Trinajstić information content (AvgIpc) is 2.71. The van der Waals surface area contributed by atoms with Crippen LogP contribution in [0.4, 0.5) is 0 Å². The van der Waals surface area contributed by atoms with Crippen LogP contribution in [-0.2, 0) is 43.4 Å². The van der Waals surface area contributed by atoms with Crippen LogP contribution in [0.25, 0.3) is 0 Å². The van der Waals surface area contributed by atoms with E-state index in [4.69, 9.17) is 14.2 Å². The van der Waals surface area contributed by atoms with Gasteiger partial charge < -0.3 is 14.2 Å². The molecular formula is C22H33N3O8. The summed E-state index contributed by atoms with van der Waals surface area (Å²) in [5.41, 5.74) is -2.32. The highest BCUT2D eigenvalue weighted by molar-refractivity contribution is 5.87. The average molecular weight is 468 g/mol. The third-order valence-electron chi connectivity index (χ3n) is 4.47. The van der Waals surface area contributed by atoms with Crippen LogP contribution in [0, 0.1) is 0 Å². The lowest BCUT2D eigenvalue weighted by Gasteiger charge is -2.20. The first kappa shape index (κ1) is 27.8. The Balaban J connectivity index is 3.47. The van der Waals surface area contributed by atoms with Crippen LogP contribution in [0.1, 0.15) is 41.5 Å². The number of hydrogen-bond acceptors (Lipinski definition) is 8. The van der Waals surface area contributed by atoms with E-state index in [1.165, 1.54) is 27.7 Å². The van der Waals surface area contributed by atoms with E-state index in [0.29, 0.717) is 6.61 Å².